The zero-order chi connectivity index (χ0) is 20.3. The van der Waals surface area contributed by atoms with Crippen molar-refractivity contribution in [2.24, 2.45) is 11.7 Å². The molecule has 0 aromatic heterocycles. The average molecular weight is 392 g/mol. The molecule has 9 nitrogen and oxygen atoms in total. The lowest BCUT2D eigenvalue weighted by Gasteiger charge is -2.47. The van der Waals surface area contributed by atoms with Crippen molar-refractivity contribution in [1.82, 2.24) is 9.80 Å². The Morgan fingerprint density at radius 3 is 2.07 bits per heavy atom. The van der Waals surface area contributed by atoms with Gasteiger partial charge in [0, 0.05) is 37.2 Å². The van der Waals surface area contributed by atoms with E-state index in [1.165, 1.54) is 21.3 Å². The van der Waals surface area contributed by atoms with E-state index in [1.807, 2.05) is 0 Å². The summed E-state index contributed by atoms with van der Waals surface area (Å²) in [6.45, 7) is 3.02. The van der Waals surface area contributed by atoms with E-state index in [9.17, 15) is 9.59 Å². The van der Waals surface area contributed by atoms with Gasteiger partial charge in [-0.15, -0.1) is 0 Å². The fraction of sp³-hybridized carbons (Fsp3) is 0.579. The van der Waals surface area contributed by atoms with Crippen LogP contribution in [0.15, 0.2) is 12.1 Å². The van der Waals surface area contributed by atoms with Crippen molar-refractivity contribution in [1.29, 1.82) is 0 Å². The molecule has 0 atom stereocenters. The standard InChI is InChI=1S/C19H28N4O5/c1-26-15-8-13(9-16(27-2)17(15)28-3)21-19(25)23-10-14(11-23)22-6-4-12(5-7-22)18(20)24/h8-9,12,14H,4-7,10-11H2,1-3H3,(H2,20,24)(H,21,25). The van der Waals surface area contributed by atoms with E-state index in [4.69, 9.17) is 19.9 Å². The van der Waals surface area contributed by atoms with E-state index in [0.29, 0.717) is 42.1 Å². The van der Waals surface area contributed by atoms with Crippen LogP contribution in [0.5, 0.6) is 17.2 Å². The van der Waals surface area contributed by atoms with Gasteiger partial charge in [0.25, 0.3) is 0 Å². The number of anilines is 1. The second-order valence-electron chi connectivity index (χ2n) is 7.12. The van der Waals surface area contributed by atoms with Crippen LogP contribution in [0.25, 0.3) is 0 Å². The van der Waals surface area contributed by atoms with Gasteiger partial charge in [0.05, 0.1) is 27.0 Å². The van der Waals surface area contributed by atoms with Crippen LogP contribution in [0.4, 0.5) is 10.5 Å². The SMILES string of the molecule is COc1cc(NC(=O)N2CC(N3CCC(C(N)=O)CC3)C2)cc(OC)c1OC. The minimum Gasteiger partial charge on any atom is -0.493 e. The van der Waals surface area contributed by atoms with Gasteiger partial charge in [0.15, 0.2) is 11.5 Å². The van der Waals surface area contributed by atoms with Crippen molar-refractivity contribution in [2.45, 2.75) is 18.9 Å². The van der Waals surface area contributed by atoms with Crippen molar-refractivity contribution in [3.63, 3.8) is 0 Å². The molecule has 2 aliphatic heterocycles. The fourth-order valence-corrected chi connectivity index (χ4v) is 3.76. The third kappa shape index (κ3) is 4.09. The topological polar surface area (TPSA) is 106 Å². The summed E-state index contributed by atoms with van der Waals surface area (Å²) < 4.78 is 15.9. The number of nitrogens with one attached hydrogen (secondary N) is 1. The van der Waals surface area contributed by atoms with Gasteiger partial charge in [0.2, 0.25) is 11.7 Å². The maximum atomic E-state index is 12.5. The molecular formula is C19H28N4O5. The van der Waals surface area contributed by atoms with Crippen LogP contribution in [0.1, 0.15) is 12.8 Å². The summed E-state index contributed by atoms with van der Waals surface area (Å²) >= 11 is 0. The maximum Gasteiger partial charge on any atom is 0.321 e. The number of likely N-dealkylation sites (tertiary alicyclic amines) is 2. The number of nitrogens with two attached hydrogens (primary N) is 1. The molecule has 3 N–H and O–H groups in total. The first-order valence-corrected chi connectivity index (χ1v) is 9.36. The Bertz CT molecular complexity index is 702. The van der Waals surface area contributed by atoms with Gasteiger partial charge in [-0.25, -0.2) is 4.79 Å². The second-order valence-corrected chi connectivity index (χ2v) is 7.12. The molecule has 9 heteroatoms. The molecule has 0 spiro atoms. The van der Waals surface area contributed by atoms with Gasteiger partial charge in [-0.2, -0.15) is 0 Å². The number of hydrogen-bond acceptors (Lipinski definition) is 6. The van der Waals surface area contributed by atoms with Crippen LogP contribution in [0.3, 0.4) is 0 Å². The highest BCUT2D eigenvalue weighted by Gasteiger charge is 2.37. The van der Waals surface area contributed by atoms with E-state index in [2.05, 4.69) is 10.2 Å². The Balaban J connectivity index is 1.54. The minimum absolute atomic E-state index is 0.0178. The maximum absolute atomic E-state index is 12.5. The first-order valence-electron chi connectivity index (χ1n) is 9.36. The molecule has 0 aliphatic carbocycles. The number of piperidine rings is 1. The summed E-state index contributed by atoms with van der Waals surface area (Å²) in [4.78, 5) is 27.9. The predicted octanol–water partition coefficient (Wildman–Crippen LogP) is 1.13. The number of nitrogens with zero attached hydrogens (tertiary/aromatic N) is 2. The molecule has 1 aromatic rings. The molecule has 2 saturated heterocycles. The van der Waals surface area contributed by atoms with Crippen LogP contribution in [0.2, 0.25) is 0 Å². The number of hydrogen-bond donors (Lipinski definition) is 2. The molecule has 0 bridgehead atoms. The van der Waals surface area contributed by atoms with E-state index in [-0.39, 0.29) is 17.9 Å². The molecule has 2 heterocycles. The zero-order valence-electron chi connectivity index (χ0n) is 16.6. The van der Waals surface area contributed by atoms with Crippen LogP contribution >= 0.6 is 0 Å². The highest BCUT2D eigenvalue weighted by Crippen LogP contribution is 2.40. The van der Waals surface area contributed by atoms with Crippen molar-refractivity contribution >= 4 is 17.6 Å². The molecule has 0 radical (unpaired) electrons. The summed E-state index contributed by atoms with van der Waals surface area (Å²) in [6, 6.07) is 3.56. The fourth-order valence-electron chi connectivity index (χ4n) is 3.76. The number of primary amides is 1. The first-order chi connectivity index (χ1) is 13.5. The number of carbonyl (C=O) groups is 2. The number of carbonyl (C=O) groups excluding carboxylic acids is 2. The Morgan fingerprint density at radius 2 is 1.61 bits per heavy atom. The van der Waals surface area contributed by atoms with Gasteiger partial charge in [-0.05, 0) is 25.9 Å². The quantitative estimate of drug-likeness (QED) is 0.752. The lowest BCUT2D eigenvalue weighted by Crippen LogP contribution is -2.63. The molecule has 1 aromatic carbocycles. The third-order valence-corrected chi connectivity index (χ3v) is 5.51. The number of rotatable bonds is 6. The van der Waals surface area contributed by atoms with Crippen molar-refractivity contribution in [3.8, 4) is 17.2 Å². The largest absolute Gasteiger partial charge is 0.493 e. The number of amides is 3. The molecule has 28 heavy (non-hydrogen) atoms. The molecule has 154 valence electrons. The predicted molar refractivity (Wildman–Crippen MR) is 104 cm³/mol. The van der Waals surface area contributed by atoms with Crippen molar-refractivity contribution in [2.75, 3.05) is 52.8 Å². The van der Waals surface area contributed by atoms with Gasteiger partial charge < -0.3 is 30.2 Å². The molecular weight excluding hydrogens is 364 g/mol. The lowest BCUT2D eigenvalue weighted by molar-refractivity contribution is -0.123. The number of benzene rings is 1. The number of methoxy groups -OCH3 is 3. The van der Waals surface area contributed by atoms with Gasteiger partial charge >= 0.3 is 6.03 Å². The summed E-state index contributed by atoms with van der Waals surface area (Å²) in [5.74, 6) is 1.22. The van der Waals surface area contributed by atoms with E-state index < -0.39 is 0 Å². The van der Waals surface area contributed by atoms with Crippen LogP contribution < -0.4 is 25.3 Å². The Kier molecular flexibility index (Phi) is 6.13. The minimum atomic E-state index is -0.209. The van der Waals surface area contributed by atoms with E-state index in [1.54, 1.807) is 17.0 Å². The second kappa shape index (κ2) is 8.55. The highest BCUT2D eigenvalue weighted by atomic mass is 16.5. The average Bonchev–Trinajstić information content (AvgIpc) is 2.66. The Labute approximate surface area is 164 Å². The third-order valence-electron chi connectivity index (χ3n) is 5.51. The summed E-state index contributed by atoms with van der Waals surface area (Å²) in [5, 5.41) is 2.88. The lowest BCUT2D eigenvalue weighted by atomic mass is 9.94. The Morgan fingerprint density at radius 1 is 1.04 bits per heavy atom. The van der Waals surface area contributed by atoms with Crippen LogP contribution in [-0.2, 0) is 4.79 Å². The molecule has 0 unspecified atom stereocenters. The monoisotopic (exact) mass is 392 g/mol. The summed E-state index contributed by atoms with van der Waals surface area (Å²) in [6.07, 6.45) is 1.59. The molecule has 0 saturated carbocycles. The van der Waals surface area contributed by atoms with Crippen LogP contribution in [0, 0.1) is 5.92 Å². The number of ether oxygens (including phenoxy) is 3. The zero-order valence-corrected chi connectivity index (χ0v) is 16.6. The van der Waals surface area contributed by atoms with Crippen molar-refractivity contribution in [3.05, 3.63) is 12.1 Å². The summed E-state index contributed by atoms with van der Waals surface area (Å²) in [7, 11) is 4.60. The first kappa shape index (κ1) is 20.1. The van der Waals surface area contributed by atoms with Crippen molar-refractivity contribution < 1.29 is 23.8 Å². The smallest absolute Gasteiger partial charge is 0.321 e. The van der Waals surface area contributed by atoms with Gasteiger partial charge in [-0.1, -0.05) is 0 Å². The van der Waals surface area contributed by atoms with Gasteiger partial charge in [0.1, 0.15) is 0 Å². The normalized spacial score (nSPS) is 18.3. The highest BCUT2D eigenvalue weighted by molar-refractivity contribution is 5.91. The number of urea groups is 1. The van der Waals surface area contributed by atoms with E-state index in [0.717, 1.165) is 25.9 Å². The Hall–Kier alpha value is -2.68. The van der Waals surface area contributed by atoms with Gasteiger partial charge in [-0.3, -0.25) is 9.69 Å². The molecule has 2 aliphatic rings. The molecule has 3 rings (SSSR count). The van der Waals surface area contributed by atoms with E-state index >= 15 is 0 Å². The molecule has 2 fully saturated rings. The van der Waals surface area contributed by atoms with Crippen LogP contribution in [-0.4, -0.2) is 75.3 Å². The summed E-state index contributed by atoms with van der Waals surface area (Å²) in [5.41, 5.74) is 5.96. The molecule has 3 amide bonds.